The maximum atomic E-state index is 13.0. The number of aromatic nitrogens is 2. The molecule has 0 radical (unpaired) electrons. The minimum Gasteiger partial charge on any atom is -0.341 e. The van der Waals surface area contributed by atoms with Crippen LogP contribution in [0.1, 0.15) is 80.9 Å². The van der Waals surface area contributed by atoms with Crippen LogP contribution in [-0.2, 0) is 0 Å². The fourth-order valence-corrected chi connectivity index (χ4v) is 3.71. The highest BCUT2D eigenvalue weighted by Gasteiger charge is 2.21. The number of nitrogens with one attached hydrogen (secondary N) is 1. The molecule has 1 aliphatic rings. The van der Waals surface area contributed by atoms with Crippen molar-refractivity contribution in [1.82, 2.24) is 9.97 Å². The van der Waals surface area contributed by atoms with Crippen LogP contribution in [-0.4, -0.2) is 29.0 Å². The lowest BCUT2D eigenvalue weighted by atomic mass is 9.92. The van der Waals surface area contributed by atoms with E-state index in [9.17, 15) is 4.79 Å². The van der Waals surface area contributed by atoms with Crippen LogP contribution in [0.3, 0.4) is 0 Å². The molecule has 0 spiro atoms. The Bertz CT molecular complexity index is 797. The lowest BCUT2D eigenvalue weighted by molar-refractivity contribution is 0.102. The summed E-state index contributed by atoms with van der Waals surface area (Å²) in [4.78, 5) is 24.2. The Morgan fingerprint density at radius 1 is 1.07 bits per heavy atom. The summed E-state index contributed by atoms with van der Waals surface area (Å²) in [6.45, 7) is 12.8. The van der Waals surface area contributed by atoms with Crippen LogP contribution in [0, 0.1) is 5.92 Å². The lowest BCUT2D eigenvalue weighted by Crippen LogP contribution is -2.34. The molecule has 1 N–H and O–H groups in total. The number of piperidine rings is 1. The van der Waals surface area contributed by atoms with Crippen LogP contribution >= 0.6 is 0 Å². The van der Waals surface area contributed by atoms with Gasteiger partial charge >= 0.3 is 0 Å². The van der Waals surface area contributed by atoms with Gasteiger partial charge in [0.25, 0.3) is 5.91 Å². The first-order valence-corrected chi connectivity index (χ1v) is 10.4. The molecule has 28 heavy (non-hydrogen) atoms. The molecule has 5 nitrogen and oxygen atoms in total. The number of carbonyl (C=O) groups excluding carboxylic acids is 1. The van der Waals surface area contributed by atoms with Gasteiger partial charge in [-0.25, -0.2) is 9.97 Å². The predicted molar refractivity (Wildman–Crippen MR) is 115 cm³/mol. The third-order valence-corrected chi connectivity index (χ3v) is 5.55. The van der Waals surface area contributed by atoms with E-state index >= 15 is 0 Å². The van der Waals surface area contributed by atoms with Crippen molar-refractivity contribution in [3.8, 4) is 0 Å². The molecule has 3 rings (SSSR count). The van der Waals surface area contributed by atoms with E-state index in [1.807, 2.05) is 0 Å². The van der Waals surface area contributed by atoms with Crippen LogP contribution in [0.5, 0.6) is 0 Å². The van der Waals surface area contributed by atoms with Crippen LogP contribution in [0.4, 0.5) is 11.6 Å². The van der Waals surface area contributed by atoms with Gasteiger partial charge in [0.15, 0.2) is 0 Å². The fraction of sp³-hybridized carbons (Fsp3) is 0.522. The highest BCUT2D eigenvalue weighted by Crippen LogP contribution is 2.32. The third-order valence-electron chi connectivity index (χ3n) is 5.55. The smallest absolute Gasteiger partial charge is 0.274 e. The number of rotatable bonds is 5. The molecule has 0 saturated carbocycles. The largest absolute Gasteiger partial charge is 0.341 e. The standard InChI is InChI=1S/C23H32N4O/c1-15(2)18-7-6-8-19(16(3)4)21(18)26-22(28)20-9-12-24-23(25-20)27-13-10-17(5)11-14-27/h6-9,12,15-17H,10-11,13-14H2,1-5H3,(H,26,28). The molecule has 0 unspecified atom stereocenters. The van der Waals surface area contributed by atoms with E-state index in [-0.39, 0.29) is 5.91 Å². The van der Waals surface area contributed by atoms with E-state index in [1.165, 1.54) is 0 Å². The lowest BCUT2D eigenvalue weighted by Gasteiger charge is -2.30. The van der Waals surface area contributed by atoms with Gasteiger partial charge in [0.2, 0.25) is 5.95 Å². The highest BCUT2D eigenvalue weighted by molar-refractivity contribution is 6.04. The zero-order valence-corrected chi connectivity index (χ0v) is 17.7. The van der Waals surface area contributed by atoms with Crippen molar-refractivity contribution in [1.29, 1.82) is 0 Å². The first-order chi connectivity index (χ1) is 13.4. The summed E-state index contributed by atoms with van der Waals surface area (Å²) < 4.78 is 0. The average molecular weight is 381 g/mol. The van der Waals surface area contributed by atoms with Crippen LogP contribution in [0.25, 0.3) is 0 Å². The number of nitrogens with zero attached hydrogens (tertiary/aromatic N) is 3. The van der Waals surface area contributed by atoms with Gasteiger partial charge in [-0.2, -0.15) is 0 Å². The number of benzene rings is 1. The van der Waals surface area contributed by atoms with E-state index in [0.29, 0.717) is 23.5 Å². The summed E-state index contributed by atoms with van der Waals surface area (Å²) >= 11 is 0. The molecule has 0 bridgehead atoms. The van der Waals surface area contributed by atoms with Crippen molar-refractivity contribution in [3.05, 3.63) is 47.3 Å². The molecule has 0 aliphatic carbocycles. The number of amides is 1. The summed E-state index contributed by atoms with van der Waals surface area (Å²) in [5.41, 5.74) is 3.64. The van der Waals surface area contributed by atoms with Crippen LogP contribution in [0.2, 0.25) is 0 Å². The third kappa shape index (κ3) is 4.51. The summed E-state index contributed by atoms with van der Waals surface area (Å²) in [6, 6.07) is 7.94. The van der Waals surface area contributed by atoms with Crippen molar-refractivity contribution in [3.63, 3.8) is 0 Å². The minimum atomic E-state index is -0.177. The van der Waals surface area contributed by atoms with Gasteiger partial charge in [0, 0.05) is 25.0 Å². The van der Waals surface area contributed by atoms with Crippen molar-refractivity contribution >= 4 is 17.5 Å². The van der Waals surface area contributed by atoms with Crippen molar-refractivity contribution in [2.24, 2.45) is 5.92 Å². The SMILES string of the molecule is CC1CCN(c2nccc(C(=O)Nc3c(C(C)C)cccc3C(C)C)n2)CC1. The fourth-order valence-electron chi connectivity index (χ4n) is 3.71. The highest BCUT2D eigenvalue weighted by atomic mass is 16.1. The van der Waals surface area contributed by atoms with Crippen molar-refractivity contribution < 1.29 is 4.79 Å². The van der Waals surface area contributed by atoms with E-state index < -0.39 is 0 Å². The maximum absolute atomic E-state index is 13.0. The van der Waals surface area contributed by atoms with Gasteiger partial charge in [0.05, 0.1) is 0 Å². The molecule has 0 atom stereocenters. The predicted octanol–water partition coefficient (Wildman–Crippen LogP) is 5.21. The normalized spacial score (nSPS) is 15.3. The second-order valence-corrected chi connectivity index (χ2v) is 8.49. The monoisotopic (exact) mass is 380 g/mol. The van der Waals surface area contributed by atoms with Gasteiger partial charge in [-0.1, -0.05) is 52.8 Å². The van der Waals surface area contributed by atoms with Gasteiger partial charge in [0.1, 0.15) is 5.69 Å². The summed E-state index contributed by atoms with van der Waals surface area (Å²) in [5.74, 6) is 1.87. The molecular weight excluding hydrogens is 348 g/mol. The quantitative estimate of drug-likeness (QED) is 0.773. The Morgan fingerprint density at radius 3 is 2.25 bits per heavy atom. The summed E-state index contributed by atoms with van der Waals surface area (Å²) in [7, 11) is 0. The summed E-state index contributed by atoms with van der Waals surface area (Å²) in [6.07, 6.45) is 3.96. The Hall–Kier alpha value is -2.43. The van der Waals surface area contributed by atoms with Gasteiger partial charge in [-0.15, -0.1) is 0 Å². The second-order valence-electron chi connectivity index (χ2n) is 8.49. The first-order valence-electron chi connectivity index (χ1n) is 10.4. The zero-order chi connectivity index (χ0) is 20.3. The van der Waals surface area contributed by atoms with Crippen LogP contribution < -0.4 is 10.2 Å². The molecule has 150 valence electrons. The zero-order valence-electron chi connectivity index (χ0n) is 17.7. The molecule has 1 aromatic carbocycles. The second kappa shape index (κ2) is 8.72. The molecule has 2 aromatic rings. The van der Waals surface area contributed by atoms with Crippen LogP contribution in [0.15, 0.2) is 30.5 Å². The Balaban J connectivity index is 1.85. The molecular formula is C23H32N4O. The number of para-hydroxylation sites is 1. The topological polar surface area (TPSA) is 58.1 Å². The van der Waals surface area contributed by atoms with Gasteiger partial charge < -0.3 is 10.2 Å². The Labute approximate surface area is 168 Å². The molecule has 1 aromatic heterocycles. The van der Waals surface area contributed by atoms with Gasteiger partial charge in [-0.3, -0.25) is 4.79 Å². The van der Waals surface area contributed by atoms with E-state index in [0.717, 1.165) is 48.7 Å². The van der Waals surface area contributed by atoms with Crippen molar-refractivity contribution in [2.75, 3.05) is 23.3 Å². The Morgan fingerprint density at radius 2 is 1.68 bits per heavy atom. The molecule has 1 aliphatic heterocycles. The first kappa shape index (κ1) is 20.3. The van der Waals surface area contributed by atoms with Crippen molar-refractivity contribution in [2.45, 2.75) is 59.3 Å². The minimum absolute atomic E-state index is 0.177. The van der Waals surface area contributed by atoms with E-state index in [2.05, 4.69) is 73.0 Å². The number of carbonyl (C=O) groups is 1. The van der Waals surface area contributed by atoms with Gasteiger partial charge in [-0.05, 0) is 47.8 Å². The van der Waals surface area contributed by atoms with E-state index in [1.54, 1.807) is 12.3 Å². The molecule has 1 saturated heterocycles. The Kier molecular flexibility index (Phi) is 6.32. The maximum Gasteiger partial charge on any atom is 0.274 e. The summed E-state index contributed by atoms with van der Waals surface area (Å²) in [5, 5.41) is 3.15. The number of anilines is 2. The average Bonchev–Trinajstić information content (AvgIpc) is 2.68. The van der Waals surface area contributed by atoms with E-state index in [4.69, 9.17) is 0 Å². The number of hydrogen-bond donors (Lipinski definition) is 1. The molecule has 1 fully saturated rings. The molecule has 2 heterocycles. The molecule has 1 amide bonds. The number of hydrogen-bond acceptors (Lipinski definition) is 4. The molecule has 5 heteroatoms.